The number of carbonyl (C=O) groups is 2. The first-order chi connectivity index (χ1) is 15.7. The van der Waals surface area contributed by atoms with E-state index in [-0.39, 0.29) is 16.9 Å². The van der Waals surface area contributed by atoms with Gasteiger partial charge in [-0.05, 0) is 25.1 Å². The van der Waals surface area contributed by atoms with Gasteiger partial charge in [-0.15, -0.1) is 0 Å². The van der Waals surface area contributed by atoms with Crippen LogP contribution in [0.15, 0.2) is 30.4 Å². The lowest BCUT2D eigenvalue weighted by atomic mass is 9.77. The van der Waals surface area contributed by atoms with Crippen molar-refractivity contribution in [2.45, 2.75) is 37.6 Å². The van der Waals surface area contributed by atoms with E-state index in [2.05, 4.69) is 10.3 Å². The molecule has 1 saturated heterocycles. The summed E-state index contributed by atoms with van der Waals surface area (Å²) in [4.78, 5) is 28.1. The Labute approximate surface area is 186 Å². The summed E-state index contributed by atoms with van der Waals surface area (Å²) in [5, 5.41) is 2.29. The Kier molecular flexibility index (Phi) is 5.95. The van der Waals surface area contributed by atoms with Crippen molar-refractivity contribution in [1.29, 1.82) is 0 Å². The van der Waals surface area contributed by atoms with Crippen molar-refractivity contribution in [3.8, 4) is 5.75 Å². The van der Waals surface area contributed by atoms with Gasteiger partial charge in [0, 0.05) is 29.3 Å². The van der Waals surface area contributed by atoms with Gasteiger partial charge in [0.15, 0.2) is 17.2 Å². The van der Waals surface area contributed by atoms with Crippen molar-refractivity contribution in [2.75, 3.05) is 12.4 Å². The number of alkyl halides is 3. The zero-order valence-electron chi connectivity index (χ0n) is 18.6. The molecule has 1 aromatic heterocycles. The van der Waals surface area contributed by atoms with Crippen LogP contribution in [-0.2, 0) is 9.53 Å². The van der Waals surface area contributed by atoms with Crippen LogP contribution >= 0.6 is 0 Å². The highest BCUT2D eigenvalue weighted by Gasteiger charge is 2.65. The molecule has 1 fully saturated rings. The molecule has 3 rings (SSSR count). The Balaban J connectivity index is 2.09. The van der Waals surface area contributed by atoms with Gasteiger partial charge < -0.3 is 20.5 Å². The zero-order valence-corrected chi connectivity index (χ0v) is 17.6. The molecule has 0 saturated carbocycles. The van der Waals surface area contributed by atoms with Crippen molar-refractivity contribution in [2.24, 2.45) is 11.7 Å². The molecular weight excluding hydrogens is 453 g/mol. The number of nitrogens with two attached hydrogens (primary N) is 1. The second-order valence-corrected chi connectivity index (χ2v) is 7.67. The summed E-state index contributed by atoms with van der Waals surface area (Å²) < 4.78 is 87.8. The fourth-order valence-corrected chi connectivity index (χ4v) is 3.84. The molecule has 4 atom stereocenters. The minimum Gasteiger partial charge on any atom is -0.493 e. The standard InChI is InChI=1S/C21H20F5N3O4/c1-9-14(11-4-5-12(22)15(23)16(11)32-3)17(33-20(9,2)21(24,25)26)19(31)29-10-6-7-28-13(8-10)18(27)30/h4-9,14,17H,1-3H3,(H2,27,30)(H,28,29,31)/t9-,14-,17-,20+/m0/s1/i7D. The second kappa shape index (κ2) is 8.58. The number of methoxy groups -OCH3 is 1. The largest absolute Gasteiger partial charge is 0.493 e. The number of ether oxygens (including phenoxy) is 2. The number of anilines is 1. The summed E-state index contributed by atoms with van der Waals surface area (Å²) in [5.74, 6) is -8.30. The minimum absolute atomic E-state index is 0.147. The Hall–Kier alpha value is -3.28. The molecule has 2 heterocycles. The van der Waals surface area contributed by atoms with Gasteiger partial charge in [-0.1, -0.05) is 13.0 Å². The Bertz CT molecular complexity index is 1150. The van der Waals surface area contributed by atoms with Crippen LogP contribution in [0.4, 0.5) is 27.6 Å². The molecule has 12 heteroatoms. The van der Waals surface area contributed by atoms with E-state index in [1.54, 1.807) is 0 Å². The molecule has 0 unspecified atom stereocenters. The summed E-state index contributed by atoms with van der Waals surface area (Å²) in [5.41, 5.74) is 1.60. The number of hydrogen-bond acceptors (Lipinski definition) is 5. The molecule has 0 aliphatic carbocycles. The van der Waals surface area contributed by atoms with Crippen molar-refractivity contribution >= 4 is 17.5 Å². The van der Waals surface area contributed by atoms with Crippen molar-refractivity contribution in [1.82, 2.24) is 4.98 Å². The van der Waals surface area contributed by atoms with Crippen LogP contribution in [0.5, 0.6) is 5.75 Å². The summed E-state index contributed by atoms with van der Waals surface area (Å²) in [6.07, 6.45) is -7.19. The third kappa shape index (κ3) is 4.22. The third-order valence-electron chi connectivity index (χ3n) is 5.79. The summed E-state index contributed by atoms with van der Waals surface area (Å²) in [6.45, 7) is 1.93. The van der Waals surface area contributed by atoms with Gasteiger partial charge in [-0.25, -0.2) is 4.39 Å². The maximum atomic E-state index is 14.4. The Morgan fingerprint density at radius 2 is 1.97 bits per heavy atom. The first-order valence-corrected chi connectivity index (χ1v) is 9.57. The van der Waals surface area contributed by atoms with Crippen LogP contribution in [0.1, 0.15) is 37.2 Å². The number of aromatic nitrogens is 1. The Morgan fingerprint density at radius 1 is 1.30 bits per heavy atom. The quantitative estimate of drug-likeness (QED) is 0.646. The first-order valence-electron chi connectivity index (χ1n) is 10.1. The lowest BCUT2D eigenvalue weighted by molar-refractivity contribution is -0.272. The smallest absolute Gasteiger partial charge is 0.417 e. The number of pyridine rings is 1. The van der Waals surface area contributed by atoms with Gasteiger partial charge in [-0.3, -0.25) is 14.6 Å². The van der Waals surface area contributed by atoms with E-state index < -0.39 is 65.1 Å². The predicted molar refractivity (Wildman–Crippen MR) is 106 cm³/mol. The van der Waals surface area contributed by atoms with Crippen molar-refractivity contribution < 1.29 is 42.4 Å². The van der Waals surface area contributed by atoms with Crippen molar-refractivity contribution in [3.63, 3.8) is 0 Å². The molecular formula is C21H20F5N3O4. The summed E-state index contributed by atoms with van der Waals surface area (Å²) in [6, 6.07) is 3.82. The number of hydrogen-bond donors (Lipinski definition) is 2. The number of halogens is 5. The van der Waals surface area contributed by atoms with Gasteiger partial charge in [0.2, 0.25) is 5.82 Å². The average molecular weight is 474 g/mol. The van der Waals surface area contributed by atoms with E-state index in [1.165, 1.54) is 6.92 Å². The second-order valence-electron chi connectivity index (χ2n) is 7.67. The number of amides is 2. The highest BCUT2D eigenvalue weighted by molar-refractivity contribution is 5.97. The van der Waals surface area contributed by atoms with E-state index in [4.69, 9.17) is 16.6 Å². The molecule has 3 N–H and O–H groups in total. The topological polar surface area (TPSA) is 104 Å². The number of nitrogens with zero attached hydrogens (tertiary/aromatic N) is 1. The summed E-state index contributed by atoms with van der Waals surface area (Å²) in [7, 11) is 1.01. The Morgan fingerprint density at radius 3 is 2.55 bits per heavy atom. The molecule has 1 aromatic carbocycles. The molecule has 0 spiro atoms. The monoisotopic (exact) mass is 474 g/mol. The van der Waals surface area contributed by atoms with E-state index in [9.17, 15) is 31.5 Å². The van der Waals surface area contributed by atoms with Gasteiger partial charge in [0.25, 0.3) is 11.8 Å². The number of rotatable bonds is 5. The van der Waals surface area contributed by atoms with E-state index >= 15 is 0 Å². The van der Waals surface area contributed by atoms with Gasteiger partial charge in [-0.2, -0.15) is 17.6 Å². The molecule has 1 aliphatic rings. The van der Waals surface area contributed by atoms with Crippen LogP contribution in [0.25, 0.3) is 0 Å². The molecule has 33 heavy (non-hydrogen) atoms. The normalized spacial score (nSPS) is 25.5. The maximum Gasteiger partial charge on any atom is 0.417 e. The van der Waals surface area contributed by atoms with E-state index in [0.29, 0.717) is 6.07 Å². The minimum atomic E-state index is -4.92. The lowest BCUT2D eigenvalue weighted by Crippen LogP contribution is -2.47. The fourth-order valence-electron chi connectivity index (χ4n) is 3.84. The highest BCUT2D eigenvalue weighted by atomic mass is 19.4. The van der Waals surface area contributed by atoms with Gasteiger partial charge in [0.1, 0.15) is 11.8 Å². The highest BCUT2D eigenvalue weighted by Crippen LogP contribution is 2.55. The van der Waals surface area contributed by atoms with Crippen molar-refractivity contribution in [3.05, 3.63) is 53.3 Å². The van der Waals surface area contributed by atoms with Crippen LogP contribution in [0.3, 0.4) is 0 Å². The molecule has 2 aromatic rings. The predicted octanol–water partition coefficient (Wildman–Crippen LogP) is 3.55. The van der Waals surface area contributed by atoms with Crippen LogP contribution in [-0.4, -0.2) is 41.8 Å². The fraction of sp³-hybridized carbons (Fsp3) is 0.381. The van der Waals surface area contributed by atoms with Gasteiger partial charge in [0.05, 0.1) is 8.48 Å². The number of primary amides is 1. The molecule has 7 nitrogen and oxygen atoms in total. The van der Waals surface area contributed by atoms with Gasteiger partial charge >= 0.3 is 6.18 Å². The maximum absolute atomic E-state index is 14.4. The number of nitrogens with one attached hydrogen (secondary N) is 1. The molecule has 178 valence electrons. The van der Waals surface area contributed by atoms with E-state index in [1.807, 2.05) is 0 Å². The zero-order chi connectivity index (χ0) is 25.6. The average Bonchev–Trinajstić information content (AvgIpc) is 3.01. The lowest BCUT2D eigenvalue weighted by Gasteiger charge is -2.32. The van der Waals surface area contributed by atoms with Crippen LogP contribution < -0.4 is 15.8 Å². The van der Waals surface area contributed by atoms with Crippen LogP contribution in [0.2, 0.25) is 0 Å². The molecule has 0 bridgehead atoms. The third-order valence-corrected chi connectivity index (χ3v) is 5.79. The molecule has 0 radical (unpaired) electrons. The first kappa shape index (κ1) is 22.9. The van der Waals surface area contributed by atoms with Crippen LogP contribution in [0, 0.1) is 17.6 Å². The SMILES string of the molecule is [2H]c1cc(NC(=O)[C@H]2O[C@@](C)(C(F)(F)F)[C@@H](C)[C@H]2c2ccc(F)c(F)c2OC)cc(C(N)=O)n1. The molecule has 2 amide bonds. The molecule has 1 aliphatic heterocycles. The summed E-state index contributed by atoms with van der Waals surface area (Å²) >= 11 is 0. The number of carbonyl (C=O) groups excluding carboxylic acids is 2. The van der Waals surface area contributed by atoms with E-state index in [0.717, 1.165) is 32.2 Å². The number of benzene rings is 1.